The number of aryl methyl sites for hydroxylation is 1. The maximum Gasteiger partial charge on any atom is 0.416 e. The highest BCUT2D eigenvalue weighted by Crippen LogP contribution is 2.29. The first-order valence-corrected chi connectivity index (χ1v) is 8.29. The van der Waals surface area contributed by atoms with Crippen molar-refractivity contribution in [3.63, 3.8) is 0 Å². The largest absolute Gasteiger partial charge is 0.497 e. The lowest BCUT2D eigenvalue weighted by molar-refractivity contribution is -0.137. The van der Waals surface area contributed by atoms with Crippen LogP contribution in [0.1, 0.15) is 17.9 Å². The van der Waals surface area contributed by atoms with E-state index in [-0.39, 0.29) is 30.3 Å². The van der Waals surface area contributed by atoms with Gasteiger partial charge < -0.3 is 14.5 Å². The molecule has 1 aromatic heterocycles. The van der Waals surface area contributed by atoms with Gasteiger partial charge in [-0.1, -0.05) is 6.07 Å². The van der Waals surface area contributed by atoms with E-state index in [4.69, 9.17) is 9.15 Å². The molecule has 2 aromatic carbocycles. The highest BCUT2D eigenvalue weighted by molar-refractivity contribution is 5.90. The van der Waals surface area contributed by atoms with E-state index < -0.39 is 11.7 Å². The Morgan fingerprint density at radius 1 is 1.14 bits per heavy atom. The van der Waals surface area contributed by atoms with E-state index in [0.29, 0.717) is 17.2 Å². The summed E-state index contributed by atoms with van der Waals surface area (Å²) in [5.74, 6) is 0.853. The molecule has 9 heteroatoms. The molecule has 0 aliphatic rings. The van der Waals surface area contributed by atoms with Crippen LogP contribution in [0.3, 0.4) is 0 Å². The minimum Gasteiger partial charge on any atom is -0.497 e. The number of alkyl halides is 3. The van der Waals surface area contributed by atoms with Crippen LogP contribution >= 0.6 is 0 Å². The third-order valence-corrected chi connectivity index (χ3v) is 3.85. The summed E-state index contributed by atoms with van der Waals surface area (Å²) in [5.41, 5.74) is 0.189. The van der Waals surface area contributed by atoms with Gasteiger partial charge in [0.2, 0.25) is 17.7 Å². The second kappa shape index (κ2) is 8.12. The van der Waals surface area contributed by atoms with Crippen LogP contribution in [0, 0.1) is 0 Å². The topological polar surface area (TPSA) is 77.2 Å². The second-order valence-corrected chi connectivity index (χ2v) is 5.86. The lowest BCUT2D eigenvalue weighted by Crippen LogP contribution is -2.13. The van der Waals surface area contributed by atoms with E-state index in [9.17, 15) is 18.0 Å². The molecule has 1 amide bonds. The zero-order valence-corrected chi connectivity index (χ0v) is 14.8. The van der Waals surface area contributed by atoms with Crippen LogP contribution in [0.4, 0.5) is 18.9 Å². The number of nitrogens with zero attached hydrogens (tertiary/aromatic N) is 2. The molecule has 0 aliphatic heterocycles. The smallest absolute Gasteiger partial charge is 0.416 e. The molecule has 0 atom stereocenters. The molecule has 0 aliphatic carbocycles. The number of hydrogen-bond donors (Lipinski definition) is 1. The van der Waals surface area contributed by atoms with Crippen LogP contribution in [-0.4, -0.2) is 23.2 Å². The number of carbonyl (C=O) groups excluding carboxylic acids is 1. The van der Waals surface area contributed by atoms with Crippen molar-refractivity contribution < 1.29 is 27.1 Å². The summed E-state index contributed by atoms with van der Waals surface area (Å²) < 4.78 is 48.3. The zero-order chi connectivity index (χ0) is 20.1. The predicted molar refractivity (Wildman–Crippen MR) is 94.7 cm³/mol. The third kappa shape index (κ3) is 4.87. The predicted octanol–water partition coefficient (Wildman–Crippen LogP) is 4.34. The Hall–Kier alpha value is -3.36. The fourth-order valence-electron chi connectivity index (χ4n) is 2.41. The van der Waals surface area contributed by atoms with E-state index >= 15 is 0 Å². The fraction of sp³-hybridized carbons (Fsp3) is 0.211. The van der Waals surface area contributed by atoms with Gasteiger partial charge in [-0.3, -0.25) is 4.79 Å². The van der Waals surface area contributed by atoms with Gasteiger partial charge in [-0.05, 0) is 42.5 Å². The maximum atomic E-state index is 12.5. The molecule has 0 bridgehead atoms. The molecule has 3 aromatic rings. The normalized spacial score (nSPS) is 11.3. The summed E-state index contributed by atoms with van der Waals surface area (Å²) in [5, 5.41) is 10.4. The van der Waals surface area contributed by atoms with Crippen LogP contribution in [0.25, 0.3) is 11.5 Å². The van der Waals surface area contributed by atoms with Crippen molar-refractivity contribution in [3.05, 3.63) is 60.0 Å². The average Bonchev–Trinajstić information content (AvgIpc) is 3.15. The Morgan fingerprint density at radius 3 is 2.57 bits per heavy atom. The van der Waals surface area contributed by atoms with Crippen LogP contribution in [0.2, 0.25) is 0 Å². The molecule has 0 spiro atoms. The van der Waals surface area contributed by atoms with Crippen LogP contribution in [0.5, 0.6) is 5.75 Å². The summed E-state index contributed by atoms with van der Waals surface area (Å²) >= 11 is 0. The molecule has 146 valence electrons. The third-order valence-electron chi connectivity index (χ3n) is 3.85. The number of nitrogens with one attached hydrogen (secondary N) is 1. The van der Waals surface area contributed by atoms with E-state index in [0.717, 1.165) is 12.1 Å². The average molecular weight is 391 g/mol. The molecule has 1 N–H and O–H groups in total. The van der Waals surface area contributed by atoms with Crippen molar-refractivity contribution in [3.8, 4) is 17.2 Å². The number of aromatic nitrogens is 2. The summed E-state index contributed by atoms with van der Waals surface area (Å²) in [6.07, 6.45) is -4.18. The van der Waals surface area contributed by atoms with Gasteiger partial charge >= 0.3 is 6.18 Å². The van der Waals surface area contributed by atoms with Gasteiger partial charge in [0, 0.05) is 24.1 Å². The number of methoxy groups -OCH3 is 1. The van der Waals surface area contributed by atoms with E-state index in [2.05, 4.69) is 15.5 Å². The monoisotopic (exact) mass is 391 g/mol. The quantitative estimate of drug-likeness (QED) is 0.677. The van der Waals surface area contributed by atoms with Gasteiger partial charge in [-0.15, -0.1) is 10.2 Å². The van der Waals surface area contributed by atoms with Gasteiger partial charge in [-0.25, -0.2) is 0 Å². The number of halogens is 3. The molecule has 0 radical (unpaired) electrons. The van der Waals surface area contributed by atoms with Crippen molar-refractivity contribution >= 4 is 11.6 Å². The Bertz CT molecular complexity index is 953. The van der Waals surface area contributed by atoms with Gasteiger partial charge in [-0.2, -0.15) is 13.2 Å². The first-order chi connectivity index (χ1) is 13.3. The van der Waals surface area contributed by atoms with Gasteiger partial charge in [0.25, 0.3) is 0 Å². The molecule has 6 nitrogen and oxygen atoms in total. The molecule has 0 unspecified atom stereocenters. The zero-order valence-electron chi connectivity index (χ0n) is 14.8. The van der Waals surface area contributed by atoms with Crippen molar-refractivity contribution in [1.82, 2.24) is 10.2 Å². The van der Waals surface area contributed by atoms with Crippen molar-refractivity contribution in [1.29, 1.82) is 0 Å². The molecule has 0 fully saturated rings. The lowest BCUT2D eigenvalue weighted by Gasteiger charge is -2.08. The number of ether oxygens (including phenoxy) is 1. The Balaban J connectivity index is 1.56. The number of rotatable bonds is 6. The molecule has 3 rings (SSSR count). The Kier molecular flexibility index (Phi) is 5.62. The Labute approximate surface area is 158 Å². The minimum absolute atomic E-state index is 0.0424. The number of hydrogen-bond acceptors (Lipinski definition) is 5. The molecular formula is C19H16F3N3O3. The van der Waals surface area contributed by atoms with Crippen LogP contribution in [0.15, 0.2) is 52.9 Å². The van der Waals surface area contributed by atoms with Gasteiger partial charge in [0.15, 0.2) is 0 Å². The first kappa shape index (κ1) is 19.4. The summed E-state index contributed by atoms with van der Waals surface area (Å²) in [4.78, 5) is 12.0. The first-order valence-electron chi connectivity index (χ1n) is 8.29. The summed E-state index contributed by atoms with van der Waals surface area (Å²) in [6, 6.07) is 11.3. The van der Waals surface area contributed by atoms with Crippen LogP contribution in [-0.2, 0) is 17.4 Å². The fourth-order valence-corrected chi connectivity index (χ4v) is 2.41. The van der Waals surface area contributed by atoms with Gasteiger partial charge in [0.1, 0.15) is 5.75 Å². The molecule has 0 saturated heterocycles. The van der Waals surface area contributed by atoms with E-state index in [1.807, 2.05) is 0 Å². The van der Waals surface area contributed by atoms with Crippen LogP contribution < -0.4 is 10.1 Å². The number of benzene rings is 2. The minimum atomic E-state index is -4.42. The molecule has 28 heavy (non-hydrogen) atoms. The number of anilines is 1. The van der Waals surface area contributed by atoms with Crippen molar-refractivity contribution in [2.45, 2.75) is 19.0 Å². The SMILES string of the molecule is COc1cccc(-c2nnc(CCC(=O)Nc3ccc(C(F)(F)F)cc3)o2)c1. The Morgan fingerprint density at radius 2 is 1.89 bits per heavy atom. The highest BCUT2D eigenvalue weighted by Gasteiger charge is 2.29. The standard InChI is InChI=1S/C19H16F3N3O3/c1-27-15-4-2-3-12(11-15)18-25-24-17(28-18)10-9-16(26)23-14-7-5-13(6-8-14)19(20,21)22/h2-8,11H,9-10H2,1H3,(H,23,26). The highest BCUT2D eigenvalue weighted by atomic mass is 19.4. The number of amides is 1. The summed E-state index contributed by atoms with van der Waals surface area (Å²) in [6.45, 7) is 0. The van der Waals surface area contributed by atoms with E-state index in [1.54, 1.807) is 31.4 Å². The number of carbonyl (C=O) groups is 1. The van der Waals surface area contributed by atoms with Crippen molar-refractivity contribution in [2.24, 2.45) is 0 Å². The maximum absolute atomic E-state index is 12.5. The second-order valence-electron chi connectivity index (χ2n) is 5.86. The van der Waals surface area contributed by atoms with Crippen molar-refractivity contribution in [2.75, 3.05) is 12.4 Å². The molecule has 0 saturated carbocycles. The van der Waals surface area contributed by atoms with Gasteiger partial charge in [0.05, 0.1) is 12.7 Å². The molecule has 1 heterocycles. The lowest BCUT2D eigenvalue weighted by atomic mass is 10.2. The summed E-state index contributed by atoms with van der Waals surface area (Å²) in [7, 11) is 1.55. The van der Waals surface area contributed by atoms with E-state index in [1.165, 1.54) is 12.1 Å². The molecular weight excluding hydrogens is 375 g/mol.